The molecule has 0 aromatic carbocycles. The third kappa shape index (κ3) is 10.0. The Morgan fingerprint density at radius 1 is 0.867 bits per heavy atom. The number of hydrogen-bond acceptors (Lipinski definition) is 0. The summed E-state index contributed by atoms with van der Waals surface area (Å²) >= 11 is 0. The highest BCUT2D eigenvalue weighted by Crippen LogP contribution is 2.18. The lowest BCUT2D eigenvalue weighted by molar-refractivity contribution is 0.445. The lowest BCUT2D eigenvalue weighted by atomic mass is 9.95. The summed E-state index contributed by atoms with van der Waals surface area (Å²) in [5.41, 5.74) is 0. The van der Waals surface area contributed by atoms with Crippen molar-refractivity contribution in [3.63, 3.8) is 0 Å². The topological polar surface area (TPSA) is 0 Å². The molecule has 0 aliphatic carbocycles. The molecule has 0 aliphatic rings. The molecule has 0 rings (SSSR count). The second-order valence-corrected chi connectivity index (χ2v) is 4.62. The van der Waals surface area contributed by atoms with Crippen LogP contribution in [-0.4, -0.2) is 0 Å². The zero-order valence-electron chi connectivity index (χ0n) is 11.1. The highest BCUT2D eigenvalue weighted by molar-refractivity contribution is 4.83. The fourth-order valence-corrected chi connectivity index (χ4v) is 1.92. The van der Waals surface area contributed by atoms with Gasteiger partial charge in [-0.15, -0.1) is 0 Å². The van der Waals surface area contributed by atoms with Crippen molar-refractivity contribution in [1.29, 1.82) is 0 Å². The molecule has 0 heterocycles. The van der Waals surface area contributed by atoms with Gasteiger partial charge in [0.15, 0.2) is 0 Å². The van der Waals surface area contributed by atoms with Crippen LogP contribution in [0.2, 0.25) is 0 Å². The van der Waals surface area contributed by atoms with Gasteiger partial charge >= 0.3 is 0 Å². The average molecular weight is 210 g/mol. The van der Waals surface area contributed by atoms with Gasteiger partial charge in [-0.25, -0.2) is 0 Å². The fraction of sp³-hybridized carbons (Fsp3) is 0.867. The van der Waals surface area contributed by atoms with E-state index in [-0.39, 0.29) is 0 Å². The lowest BCUT2D eigenvalue weighted by Crippen LogP contribution is -1.97. The van der Waals surface area contributed by atoms with Gasteiger partial charge in [0, 0.05) is 0 Å². The van der Waals surface area contributed by atoms with Crippen molar-refractivity contribution >= 4 is 0 Å². The summed E-state index contributed by atoms with van der Waals surface area (Å²) in [4.78, 5) is 0. The Morgan fingerprint density at radius 2 is 1.67 bits per heavy atom. The maximum absolute atomic E-state index is 2.40. The van der Waals surface area contributed by atoms with E-state index in [9.17, 15) is 0 Å². The molecule has 1 atom stereocenters. The first-order valence-electron chi connectivity index (χ1n) is 7.00. The van der Waals surface area contributed by atoms with Crippen LogP contribution in [0.4, 0.5) is 0 Å². The van der Waals surface area contributed by atoms with Crippen molar-refractivity contribution in [2.24, 2.45) is 5.92 Å². The average Bonchev–Trinajstić information content (AvgIpc) is 2.27. The molecule has 0 aliphatic heterocycles. The van der Waals surface area contributed by atoms with E-state index < -0.39 is 0 Å². The number of allylic oxidation sites excluding steroid dienone is 2. The molecule has 0 bridgehead atoms. The predicted octanol–water partition coefficient (Wildman–Crippen LogP) is 5.73. The molecule has 0 saturated carbocycles. The SMILES string of the molecule is CCC/C=C/CC(CC)CCCCCC. The van der Waals surface area contributed by atoms with Crippen molar-refractivity contribution in [3.8, 4) is 0 Å². The molecule has 0 saturated heterocycles. The Hall–Kier alpha value is -0.260. The van der Waals surface area contributed by atoms with E-state index in [2.05, 4.69) is 32.9 Å². The Labute approximate surface area is 97.2 Å². The highest BCUT2D eigenvalue weighted by atomic mass is 14.1. The summed E-state index contributed by atoms with van der Waals surface area (Å²) in [6.07, 6.45) is 17.0. The molecule has 0 heteroatoms. The molecule has 0 amide bonds. The third-order valence-corrected chi connectivity index (χ3v) is 3.13. The maximum Gasteiger partial charge on any atom is -0.0322 e. The van der Waals surface area contributed by atoms with E-state index in [0.717, 1.165) is 5.92 Å². The fourth-order valence-electron chi connectivity index (χ4n) is 1.92. The maximum atomic E-state index is 2.40. The minimum absolute atomic E-state index is 0.940. The lowest BCUT2D eigenvalue weighted by Gasteiger charge is -2.11. The molecule has 0 aromatic rings. The molecular weight excluding hydrogens is 180 g/mol. The molecule has 1 unspecified atom stereocenters. The second kappa shape index (κ2) is 11.8. The molecule has 0 fully saturated rings. The van der Waals surface area contributed by atoms with Crippen molar-refractivity contribution in [3.05, 3.63) is 12.2 Å². The number of hydrogen-bond donors (Lipinski definition) is 0. The van der Waals surface area contributed by atoms with Gasteiger partial charge in [-0.1, -0.05) is 77.9 Å². The van der Waals surface area contributed by atoms with E-state index in [1.165, 1.54) is 57.8 Å². The summed E-state index contributed by atoms with van der Waals surface area (Å²) in [6, 6.07) is 0. The first kappa shape index (κ1) is 14.7. The van der Waals surface area contributed by atoms with Gasteiger partial charge in [0.25, 0.3) is 0 Å². The normalized spacial score (nSPS) is 13.5. The van der Waals surface area contributed by atoms with Crippen LogP contribution in [0.5, 0.6) is 0 Å². The molecule has 90 valence electrons. The Morgan fingerprint density at radius 3 is 2.27 bits per heavy atom. The van der Waals surface area contributed by atoms with Gasteiger partial charge in [-0.3, -0.25) is 0 Å². The highest BCUT2D eigenvalue weighted by Gasteiger charge is 2.03. The zero-order valence-corrected chi connectivity index (χ0v) is 11.1. The van der Waals surface area contributed by atoms with Crippen LogP contribution in [0.15, 0.2) is 12.2 Å². The zero-order chi connectivity index (χ0) is 11.4. The summed E-state index contributed by atoms with van der Waals surface area (Å²) in [5, 5.41) is 0. The number of rotatable bonds is 10. The van der Waals surface area contributed by atoms with Crippen LogP contribution in [0.1, 0.15) is 78.6 Å². The van der Waals surface area contributed by atoms with Crippen molar-refractivity contribution in [2.75, 3.05) is 0 Å². The molecular formula is C15H30. The Bertz CT molecular complexity index is 135. The van der Waals surface area contributed by atoms with Crippen molar-refractivity contribution in [1.82, 2.24) is 0 Å². The minimum Gasteiger partial charge on any atom is -0.0885 e. The Balaban J connectivity index is 3.45. The smallest absolute Gasteiger partial charge is 0.0322 e. The van der Waals surface area contributed by atoms with E-state index in [1.807, 2.05) is 0 Å². The summed E-state index contributed by atoms with van der Waals surface area (Å²) < 4.78 is 0. The van der Waals surface area contributed by atoms with Crippen molar-refractivity contribution in [2.45, 2.75) is 78.6 Å². The van der Waals surface area contributed by atoms with Gasteiger partial charge in [0.2, 0.25) is 0 Å². The third-order valence-electron chi connectivity index (χ3n) is 3.13. The van der Waals surface area contributed by atoms with Gasteiger partial charge < -0.3 is 0 Å². The van der Waals surface area contributed by atoms with Crippen LogP contribution in [0.25, 0.3) is 0 Å². The summed E-state index contributed by atoms with van der Waals surface area (Å²) in [7, 11) is 0. The molecule has 15 heavy (non-hydrogen) atoms. The van der Waals surface area contributed by atoms with Gasteiger partial charge in [-0.2, -0.15) is 0 Å². The van der Waals surface area contributed by atoms with Crippen LogP contribution in [0, 0.1) is 5.92 Å². The van der Waals surface area contributed by atoms with E-state index in [1.54, 1.807) is 0 Å². The molecule has 0 N–H and O–H groups in total. The molecule has 0 aromatic heterocycles. The van der Waals surface area contributed by atoms with E-state index in [4.69, 9.17) is 0 Å². The standard InChI is InChI=1S/C15H30/c1-4-7-9-11-13-15(6-3)14-12-10-8-5-2/h9,11,15H,4-8,10,12-14H2,1-3H3/b11-9+. The van der Waals surface area contributed by atoms with E-state index in [0.29, 0.717) is 0 Å². The van der Waals surface area contributed by atoms with E-state index >= 15 is 0 Å². The second-order valence-electron chi connectivity index (χ2n) is 4.62. The van der Waals surface area contributed by atoms with Crippen molar-refractivity contribution < 1.29 is 0 Å². The largest absolute Gasteiger partial charge is 0.0885 e. The quantitative estimate of drug-likeness (QED) is 0.319. The van der Waals surface area contributed by atoms with Crippen LogP contribution >= 0.6 is 0 Å². The summed E-state index contributed by atoms with van der Waals surface area (Å²) in [6.45, 7) is 6.86. The van der Waals surface area contributed by atoms with Gasteiger partial charge in [0.05, 0.1) is 0 Å². The Kier molecular flexibility index (Phi) is 11.6. The molecule has 0 spiro atoms. The summed E-state index contributed by atoms with van der Waals surface area (Å²) in [5.74, 6) is 0.940. The molecule has 0 radical (unpaired) electrons. The first-order valence-corrected chi connectivity index (χ1v) is 7.00. The monoisotopic (exact) mass is 210 g/mol. The predicted molar refractivity (Wildman–Crippen MR) is 71.2 cm³/mol. The molecule has 0 nitrogen and oxygen atoms in total. The number of unbranched alkanes of at least 4 members (excludes halogenated alkanes) is 4. The van der Waals surface area contributed by atoms with Gasteiger partial charge in [0.1, 0.15) is 0 Å². The first-order chi connectivity index (χ1) is 7.35. The van der Waals surface area contributed by atoms with Gasteiger partial charge in [-0.05, 0) is 18.8 Å². The van der Waals surface area contributed by atoms with Crippen LogP contribution in [-0.2, 0) is 0 Å². The van der Waals surface area contributed by atoms with Crippen LogP contribution < -0.4 is 0 Å². The van der Waals surface area contributed by atoms with Crippen LogP contribution in [0.3, 0.4) is 0 Å². The minimum atomic E-state index is 0.940.